The molecule has 0 saturated heterocycles. The summed E-state index contributed by atoms with van der Waals surface area (Å²) in [6, 6.07) is 11.6. The monoisotopic (exact) mass is 287 g/mol. The number of hydrogen-bond donors (Lipinski definition) is 0. The Labute approximate surface area is 125 Å². The summed E-state index contributed by atoms with van der Waals surface area (Å²) < 4.78 is 5.00. The summed E-state index contributed by atoms with van der Waals surface area (Å²) in [4.78, 5) is 16.4. The molecule has 1 heterocycles. The van der Waals surface area contributed by atoms with Gasteiger partial charge in [-0.25, -0.2) is 0 Å². The van der Waals surface area contributed by atoms with Crippen molar-refractivity contribution in [3.63, 3.8) is 0 Å². The summed E-state index contributed by atoms with van der Waals surface area (Å²) in [6.07, 6.45) is 0. The topological polar surface area (TPSA) is 49.6 Å². The Balaban J connectivity index is 2.13. The lowest BCUT2D eigenvalue weighted by molar-refractivity contribution is 0.0721. The van der Waals surface area contributed by atoms with Crippen LogP contribution in [-0.4, -0.2) is 48.0 Å². The van der Waals surface area contributed by atoms with Crippen molar-refractivity contribution in [1.82, 2.24) is 15.0 Å². The molecule has 0 aliphatic heterocycles. The first kappa shape index (κ1) is 15.3. The summed E-state index contributed by atoms with van der Waals surface area (Å²) in [7, 11) is 3.98. The van der Waals surface area contributed by atoms with E-state index in [1.54, 1.807) is 17.9 Å². The molecule has 5 heteroatoms. The average Bonchev–Trinajstić information content (AvgIpc) is 2.90. The van der Waals surface area contributed by atoms with Crippen LogP contribution in [0.3, 0.4) is 0 Å². The molecule has 1 amide bonds. The van der Waals surface area contributed by atoms with Crippen LogP contribution >= 0.6 is 0 Å². The minimum absolute atomic E-state index is 0.0995. The fourth-order valence-corrected chi connectivity index (χ4v) is 2.01. The van der Waals surface area contributed by atoms with Gasteiger partial charge in [-0.2, -0.15) is 0 Å². The third kappa shape index (κ3) is 4.43. The third-order valence-corrected chi connectivity index (χ3v) is 3.17. The predicted molar refractivity (Wildman–Crippen MR) is 81.0 cm³/mol. The van der Waals surface area contributed by atoms with Crippen LogP contribution in [0.1, 0.15) is 21.8 Å². The minimum Gasteiger partial charge on any atom is -0.361 e. The normalized spacial score (nSPS) is 10.9. The summed E-state index contributed by atoms with van der Waals surface area (Å²) >= 11 is 0. The molecule has 0 bridgehead atoms. The lowest BCUT2D eigenvalue weighted by Gasteiger charge is -2.23. The number of aromatic nitrogens is 1. The second-order valence-corrected chi connectivity index (χ2v) is 5.34. The van der Waals surface area contributed by atoms with Crippen molar-refractivity contribution in [3.8, 4) is 0 Å². The quantitative estimate of drug-likeness (QED) is 0.817. The highest BCUT2D eigenvalue weighted by molar-refractivity contribution is 5.92. The smallest absolute Gasteiger partial charge is 0.276 e. The molecule has 2 aromatic rings. The highest BCUT2D eigenvalue weighted by Gasteiger charge is 2.19. The summed E-state index contributed by atoms with van der Waals surface area (Å²) in [6.45, 7) is 3.80. The molecule has 0 unspecified atom stereocenters. The van der Waals surface area contributed by atoms with E-state index in [9.17, 15) is 4.79 Å². The molecule has 0 fully saturated rings. The molecule has 0 saturated carbocycles. The van der Waals surface area contributed by atoms with E-state index in [1.807, 2.05) is 44.4 Å². The van der Waals surface area contributed by atoms with E-state index in [0.29, 0.717) is 24.5 Å². The summed E-state index contributed by atoms with van der Waals surface area (Å²) in [5.74, 6) is 0.545. The van der Waals surface area contributed by atoms with E-state index in [1.165, 1.54) is 0 Å². The minimum atomic E-state index is -0.0995. The van der Waals surface area contributed by atoms with Crippen LogP contribution in [-0.2, 0) is 6.54 Å². The van der Waals surface area contributed by atoms with Gasteiger partial charge in [-0.1, -0.05) is 35.5 Å². The van der Waals surface area contributed by atoms with E-state index in [0.717, 1.165) is 12.1 Å². The van der Waals surface area contributed by atoms with Gasteiger partial charge in [0.1, 0.15) is 5.76 Å². The van der Waals surface area contributed by atoms with Gasteiger partial charge < -0.3 is 14.3 Å². The van der Waals surface area contributed by atoms with Gasteiger partial charge in [-0.15, -0.1) is 0 Å². The van der Waals surface area contributed by atoms with Crippen molar-refractivity contribution >= 4 is 5.91 Å². The Morgan fingerprint density at radius 3 is 2.48 bits per heavy atom. The number of carbonyl (C=O) groups is 1. The molecule has 0 radical (unpaired) electrons. The lowest BCUT2D eigenvalue weighted by atomic mass is 10.2. The highest BCUT2D eigenvalue weighted by Crippen LogP contribution is 2.10. The van der Waals surface area contributed by atoms with Gasteiger partial charge in [0.25, 0.3) is 5.91 Å². The molecule has 0 aliphatic carbocycles. The maximum atomic E-state index is 12.6. The first-order valence-corrected chi connectivity index (χ1v) is 6.97. The maximum absolute atomic E-state index is 12.6. The number of carbonyl (C=O) groups excluding carboxylic acids is 1. The van der Waals surface area contributed by atoms with E-state index >= 15 is 0 Å². The highest BCUT2D eigenvalue weighted by atomic mass is 16.5. The number of benzene rings is 1. The van der Waals surface area contributed by atoms with Crippen LogP contribution < -0.4 is 0 Å². The molecule has 0 atom stereocenters. The van der Waals surface area contributed by atoms with Crippen LogP contribution in [0.15, 0.2) is 40.9 Å². The second-order valence-electron chi connectivity index (χ2n) is 5.34. The molecular formula is C16H21N3O2. The van der Waals surface area contributed by atoms with Crippen molar-refractivity contribution in [2.24, 2.45) is 0 Å². The lowest BCUT2D eigenvalue weighted by Crippen LogP contribution is -2.36. The number of rotatable bonds is 6. The van der Waals surface area contributed by atoms with Gasteiger partial charge in [0.05, 0.1) is 0 Å². The van der Waals surface area contributed by atoms with Crippen molar-refractivity contribution < 1.29 is 9.32 Å². The van der Waals surface area contributed by atoms with Gasteiger partial charge in [0.15, 0.2) is 5.69 Å². The zero-order chi connectivity index (χ0) is 15.2. The standard InChI is InChI=1S/C16H21N3O2/c1-13-11-15(17-21-13)16(20)19(10-9-18(2)3)12-14-7-5-4-6-8-14/h4-8,11H,9-10,12H2,1-3H3. The summed E-state index contributed by atoms with van der Waals surface area (Å²) in [5, 5.41) is 3.83. The van der Waals surface area contributed by atoms with Crippen molar-refractivity contribution in [3.05, 3.63) is 53.4 Å². The summed E-state index contributed by atoms with van der Waals surface area (Å²) in [5.41, 5.74) is 1.46. The Kier molecular flexibility index (Phi) is 5.11. The first-order chi connectivity index (χ1) is 10.1. The third-order valence-electron chi connectivity index (χ3n) is 3.17. The predicted octanol–water partition coefficient (Wildman–Crippen LogP) is 2.19. The van der Waals surface area contributed by atoms with Crippen LogP contribution in [0.5, 0.6) is 0 Å². The fourth-order valence-electron chi connectivity index (χ4n) is 2.01. The van der Waals surface area contributed by atoms with E-state index in [4.69, 9.17) is 4.52 Å². The van der Waals surface area contributed by atoms with Crippen molar-refractivity contribution in [2.45, 2.75) is 13.5 Å². The first-order valence-electron chi connectivity index (χ1n) is 6.97. The zero-order valence-electron chi connectivity index (χ0n) is 12.7. The molecule has 1 aromatic carbocycles. The number of nitrogens with zero attached hydrogens (tertiary/aromatic N) is 3. The van der Waals surface area contributed by atoms with E-state index in [2.05, 4.69) is 10.1 Å². The largest absolute Gasteiger partial charge is 0.361 e. The van der Waals surface area contributed by atoms with Gasteiger partial charge >= 0.3 is 0 Å². The van der Waals surface area contributed by atoms with E-state index in [-0.39, 0.29) is 5.91 Å². The van der Waals surface area contributed by atoms with Crippen molar-refractivity contribution in [1.29, 1.82) is 0 Å². The van der Waals surface area contributed by atoms with Crippen molar-refractivity contribution in [2.75, 3.05) is 27.2 Å². The molecule has 112 valence electrons. The second kappa shape index (κ2) is 7.04. The van der Waals surface area contributed by atoms with Gasteiger partial charge in [-0.3, -0.25) is 4.79 Å². The van der Waals surface area contributed by atoms with Gasteiger partial charge in [-0.05, 0) is 26.6 Å². The molecule has 0 N–H and O–H groups in total. The van der Waals surface area contributed by atoms with Crippen LogP contribution in [0, 0.1) is 6.92 Å². The maximum Gasteiger partial charge on any atom is 0.276 e. The number of amides is 1. The number of hydrogen-bond acceptors (Lipinski definition) is 4. The number of aryl methyl sites for hydroxylation is 1. The molecule has 2 rings (SSSR count). The SMILES string of the molecule is Cc1cc(C(=O)N(CCN(C)C)Cc2ccccc2)no1. The molecule has 1 aromatic heterocycles. The fraction of sp³-hybridized carbons (Fsp3) is 0.375. The Bertz CT molecular complexity index is 578. The van der Waals surface area contributed by atoms with Crippen LogP contribution in [0.4, 0.5) is 0 Å². The van der Waals surface area contributed by atoms with Gasteiger partial charge in [0, 0.05) is 25.7 Å². The molecule has 21 heavy (non-hydrogen) atoms. The molecule has 0 spiro atoms. The number of likely N-dealkylation sites (N-methyl/N-ethyl adjacent to an activating group) is 1. The average molecular weight is 287 g/mol. The Morgan fingerprint density at radius 1 is 1.19 bits per heavy atom. The Hall–Kier alpha value is -2.14. The molecular weight excluding hydrogens is 266 g/mol. The molecule has 5 nitrogen and oxygen atoms in total. The Morgan fingerprint density at radius 2 is 1.90 bits per heavy atom. The molecule has 0 aliphatic rings. The van der Waals surface area contributed by atoms with E-state index < -0.39 is 0 Å². The van der Waals surface area contributed by atoms with Crippen LogP contribution in [0.25, 0.3) is 0 Å². The van der Waals surface area contributed by atoms with Gasteiger partial charge in [0.2, 0.25) is 0 Å². The van der Waals surface area contributed by atoms with Crippen LogP contribution in [0.2, 0.25) is 0 Å². The zero-order valence-corrected chi connectivity index (χ0v) is 12.7.